The van der Waals surface area contributed by atoms with Gasteiger partial charge < -0.3 is 9.47 Å². The van der Waals surface area contributed by atoms with Gasteiger partial charge in [-0.2, -0.15) is 0 Å². The molecule has 0 amide bonds. The lowest BCUT2D eigenvalue weighted by Crippen LogP contribution is -2.24. The van der Waals surface area contributed by atoms with E-state index in [2.05, 4.69) is 12.8 Å². The summed E-state index contributed by atoms with van der Waals surface area (Å²) in [6.45, 7) is 2.47. The third kappa shape index (κ3) is 4.03. The summed E-state index contributed by atoms with van der Waals surface area (Å²) in [5, 5.41) is 0. The van der Waals surface area contributed by atoms with Crippen molar-refractivity contribution in [2.24, 2.45) is 11.8 Å². The molecule has 0 saturated heterocycles. The fourth-order valence-corrected chi connectivity index (χ4v) is 2.42. The van der Waals surface area contributed by atoms with Gasteiger partial charge in [0.2, 0.25) is 0 Å². The van der Waals surface area contributed by atoms with Crippen molar-refractivity contribution >= 4 is 5.97 Å². The maximum atomic E-state index is 12.1. The van der Waals surface area contributed by atoms with Crippen molar-refractivity contribution in [2.75, 3.05) is 6.61 Å². The fourth-order valence-electron chi connectivity index (χ4n) is 2.42. The molecule has 0 heterocycles. The molecule has 106 valence electrons. The SMILES string of the molecule is C#CCOc1ccc(OC(=O)C2CCC(C)CC2)cc1. The summed E-state index contributed by atoms with van der Waals surface area (Å²) in [6.07, 6.45) is 9.21. The van der Waals surface area contributed by atoms with Crippen LogP contribution in [0, 0.1) is 24.2 Å². The largest absolute Gasteiger partial charge is 0.481 e. The number of carbonyl (C=O) groups excluding carboxylic acids is 1. The van der Waals surface area contributed by atoms with Crippen LogP contribution in [0.4, 0.5) is 0 Å². The zero-order valence-corrected chi connectivity index (χ0v) is 11.8. The van der Waals surface area contributed by atoms with Gasteiger partial charge in [-0.3, -0.25) is 4.79 Å². The molecule has 1 saturated carbocycles. The summed E-state index contributed by atoms with van der Waals surface area (Å²) < 4.78 is 10.7. The molecule has 3 nitrogen and oxygen atoms in total. The smallest absolute Gasteiger partial charge is 0.314 e. The van der Waals surface area contributed by atoms with Crippen LogP contribution in [0.5, 0.6) is 11.5 Å². The summed E-state index contributed by atoms with van der Waals surface area (Å²) in [7, 11) is 0. The zero-order valence-electron chi connectivity index (χ0n) is 11.8. The van der Waals surface area contributed by atoms with E-state index in [9.17, 15) is 4.79 Å². The van der Waals surface area contributed by atoms with Crippen molar-refractivity contribution in [3.8, 4) is 23.8 Å². The summed E-state index contributed by atoms with van der Waals surface area (Å²) in [5.41, 5.74) is 0. The van der Waals surface area contributed by atoms with Crippen molar-refractivity contribution in [1.29, 1.82) is 0 Å². The number of benzene rings is 1. The van der Waals surface area contributed by atoms with Crippen LogP contribution < -0.4 is 9.47 Å². The number of hydrogen-bond donors (Lipinski definition) is 0. The van der Waals surface area contributed by atoms with Gasteiger partial charge in [0, 0.05) is 0 Å². The molecular formula is C17H20O3. The minimum Gasteiger partial charge on any atom is -0.481 e. The molecule has 0 bridgehead atoms. The van der Waals surface area contributed by atoms with Crippen LogP contribution in [0.1, 0.15) is 32.6 Å². The number of rotatable bonds is 4. The molecule has 0 spiro atoms. The van der Waals surface area contributed by atoms with Gasteiger partial charge in [0.15, 0.2) is 0 Å². The molecule has 0 atom stereocenters. The number of ether oxygens (including phenoxy) is 2. The first-order valence-electron chi connectivity index (χ1n) is 7.07. The topological polar surface area (TPSA) is 35.5 Å². The predicted octanol–water partition coefficient (Wildman–Crippen LogP) is 3.43. The Labute approximate surface area is 120 Å². The first-order chi connectivity index (χ1) is 9.69. The average molecular weight is 272 g/mol. The lowest BCUT2D eigenvalue weighted by atomic mass is 9.83. The van der Waals surface area contributed by atoms with Crippen LogP contribution in [-0.2, 0) is 4.79 Å². The maximum absolute atomic E-state index is 12.1. The molecule has 0 radical (unpaired) electrons. The van der Waals surface area contributed by atoms with E-state index in [4.69, 9.17) is 15.9 Å². The monoisotopic (exact) mass is 272 g/mol. The number of hydrogen-bond acceptors (Lipinski definition) is 3. The highest BCUT2D eigenvalue weighted by Gasteiger charge is 2.25. The lowest BCUT2D eigenvalue weighted by Gasteiger charge is -2.24. The molecule has 1 aliphatic rings. The van der Waals surface area contributed by atoms with Crippen molar-refractivity contribution in [1.82, 2.24) is 0 Å². The highest BCUT2D eigenvalue weighted by atomic mass is 16.5. The molecule has 0 aromatic heterocycles. The summed E-state index contributed by atoms with van der Waals surface area (Å²) >= 11 is 0. The molecule has 0 unspecified atom stereocenters. The van der Waals surface area contributed by atoms with Gasteiger partial charge in [-0.25, -0.2) is 0 Å². The summed E-state index contributed by atoms with van der Waals surface area (Å²) in [6, 6.07) is 6.97. The van der Waals surface area contributed by atoms with Crippen LogP contribution in [0.15, 0.2) is 24.3 Å². The molecular weight excluding hydrogens is 252 g/mol. The second kappa shape index (κ2) is 7.00. The molecule has 1 fully saturated rings. The Morgan fingerprint density at radius 2 is 1.80 bits per heavy atom. The Balaban J connectivity index is 1.86. The van der Waals surface area contributed by atoms with E-state index >= 15 is 0 Å². The third-order valence-corrected chi connectivity index (χ3v) is 3.71. The molecule has 1 aromatic carbocycles. The van der Waals surface area contributed by atoms with Crippen LogP contribution in [0.25, 0.3) is 0 Å². The first kappa shape index (κ1) is 14.5. The van der Waals surface area contributed by atoms with Gasteiger partial charge in [0.05, 0.1) is 5.92 Å². The summed E-state index contributed by atoms with van der Waals surface area (Å²) in [4.78, 5) is 12.1. The van der Waals surface area contributed by atoms with E-state index in [0.717, 1.165) is 31.6 Å². The van der Waals surface area contributed by atoms with Gasteiger partial charge in [-0.1, -0.05) is 12.8 Å². The van der Waals surface area contributed by atoms with E-state index < -0.39 is 0 Å². The second-order valence-corrected chi connectivity index (χ2v) is 5.34. The Bertz CT molecular complexity index is 476. The predicted molar refractivity (Wildman–Crippen MR) is 77.5 cm³/mol. The molecule has 1 aliphatic carbocycles. The molecule has 3 heteroatoms. The minimum atomic E-state index is -0.116. The first-order valence-corrected chi connectivity index (χ1v) is 7.07. The van der Waals surface area contributed by atoms with Gasteiger partial charge in [-0.05, 0) is 55.9 Å². The van der Waals surface area contributed by atoms with Crippen LogP contribution in [0.3, 0.4) is 0 Å². The molecule has 20 heavy (non-hydrogen) atoms. The highest BCUT2D eigenvalue weighted by molar-refractivity contribution is 5.75. The van der Waals surface area contributed by atoms with Crippen LogP contribution in [-0.4, -0.2) is 12.6 Å². The van der Waals surface area contributed by atoms with Crippen LogP contribution >= 0.6 is 0 Å². The normalized spacial score (nSPS) is 21.8. The van der Waals surface area contributed by atoms with Crippen molar-refractivity contribution in [3.63, 3.8) is 0 Å². The second-order valence-electron chi connectivity index (χ2n) is 5.34. The molecule has 0 aliphatic heterocycles. The minimum absolute atomic E-state index is 0.0450. The van der Waals surface area contributed by atoms with Crippen molar-refractivity contribution in [2.45, 2.75) is 32.6 Å². The Kier molecular flexibility index (Phi) is 5.06. The van der Waals surface area contributed by atoms with Crippen molar-refractivity contribution < 1.29 is 14.3 Å². The zero-order chi connectivity index (χ0) is 14.4. The number of carbonyl (C=O) groups is 1. The Hall–Kier alpha value is -1.95. The maximum Gasteiger partial charge on any atom is 0.314 e. The summed E-state index contributed by atoms with van der Waals surface area (Å²) in [5.74, 6) is 4.29. The average Bonchev–Trinajstić information content (AvgIpc) is 2.47. The Morgan fingerprint density at radius 1 is 1.20 bits per heavy atom. The molecule has 2 rings (SSSR count). The number of esters is 1. The quantitative estimate of drug-likeness (QED) is 0.478. The highest BCUT2D eigenvalue weighted by Crippen LogP contribution is 2.29. The number of terminal acetylenes is 1. The molecule has 1 aromatic rings. The van der Waals surface area contributed by atoms with E-state index in [1.54, 1.807) is 24.3 Å². The third-order valence-electron chi connectivity index (χ3n) is 3.71. The van der Waals surface area contributed by atoms with Crippen molar-refractivity contribution in [3.05, 3.63) is 24.3 Å². The van der Waals surface area contributed by atoms with Gasteiger partial charge in [-0.15, -0.1) is 6.42 Å². The van der Waals surface area contributed by atoms with Gasteiger partial charge in [0.1, 0.15) is 18.1 Å². The van der Waals surface area contributed by atoms with Gasteiger partial charge >= 0.3 is 5.97 Å². The Morgan fingerprint density at radius 3 is 2.40 bits per heavy atom. The van der Waals surface area contributed by atoms with E-state index in [1.165, 1.54) is 0 Å². The van der Waals surface area contributed by atoms with E-state index in [-0.39, 0.29) is 18.5 Å². The van der Waals surface area contributed by atoms with Crippen LogP contribution in [0.2, 0.25) is 0 Å². The molecule has 0 N–H and O–H groups in total. The van der Waals surface area contributed by atoms with Gasteiger partial charge in [0.25, 0.3) is 0 Å². The van der Waals surface area contributed by atoms with E-state index in [0.29, 0.717) is 11.5 Å². The van der Waals surface area contributed by atoms with E-state index in [1.807, 2.05) is 0 Å². The fraction of sp³-hybridized carbons (Fsp3) is 0.471. The standard InChI is InChI=1S/C17H20O3/c1-3-12-19-15-8-10-16(11-9-15)20-17(18)14-6-4-13(2)5-7-14/h1,8-11,13-14H,4-7,12H2,2H3. The lowest BCUT2D eigenvalue weighted by molar-refractivity contribution is -0.140.